The number of hydrogen-bond acceptors (Lipinski definition) is 5. The Morgan fingerprint density at radius 2 is 1.74 bits per heavy atom. The Balaban J connectivity index is 2.20. The highest BCUT2D eigenvalue weighted by molar-refractivity contribution is 5.91. The lowest BCUT2D eigenvalue weighted by atomic mass is 9.76. The van der Waals surface area contributed by atoms with E-state index in [1.165, 1.54) is 25.9 Å². The molecule has 2 rings (SSSR count). The van der Waals surface area contributed by atoms with Gasteiger partial charge in [0, 0.05) is 18.1 Å². The van der Waals surface area contributed by atoms with E-state index >= 15 is 0 Å². The molecule has 0 amide bonds. The zero-order valence-corrected chi connectivity index (χ0v) is 22.8. The van der Waals surface area contributed by atoms with Gasteiger partial charge in [0.25, 0.3) is 0 Å². The molecule has 2 aromatic rings. The van der Waals surface area contributed by atoms with Gasteiger partial charge in [-0.3, -0.25) is 4.79 Å². The first-order chi connectivity index (χ1) is 16.6. The van der Waals surface area contributed by atoms with Crippen LogP contribution in [0, 0.1) is 30.6 Å². The molecule has 0 fully saturated rings. The van der Waals surface area contributed by atoms with Gasteiger partial charge in [0.1, 0.15) is 16.9 Å². The van der Waals surface area contributed by atoms with Gasteiger partial charge in [-0.25, -0.2) is 0 Å². The summed E-state index contributed by atoms with van der Waals surface area (Å²) in [6, 6.07) is 1.51. The van der Waals surface area contributed by atoms with Crippen molar-refractivity contribution in [3.8, 4) is 17.2 Å². The standard InChI is InChI=1S/C30H42O5/c1-10-18(2)13-11-12-14-19(3)21(5)22(6)20(4)15-16-24-23(7)28(31)27-25(33-8)17-26(34-9)29(32)30(27)35-24/h10-14,17,19-22,32H,15-16H2,1-9H3/b13-11+,14-12+,18-10+/t19-,20+,21-,22+/m0/s1. The van der Waals surface area contributed by atoms with Crippen LogP contribution in [0.25, 0.3) is 11.0 Å². The highest BCUT2D eigenvalue weighted by Crippen LogP contribution is 2.40. The fourth-order valence-electron chi connectivity index (χ4n) is 4.32. The Morgan fingerprint density at radius 3 is 2.34 bits per heavy atom. The van der Waals surface area contributed by atoms with Crippen molar-refractivity contribution in [2.24, 2.45) is 23.7 Å². The number of ether oxygens (including phenoxy) is 2. The van der Waals surface area contributed by atoms with Crippen LogP contribution < -0.4 is 14.9 Å². The average molecular weight is 483 g/mol. The number of methoxy groups -OCH3 is 2. The van der Waals surface area contributed by atoms with Crippen molar-refractivity contribution >= 4 is 11.0 Å². The first kappa shape index (κ1) is 28.3. The molecule has 0 radical (unpaired) electrons. The van der Waals surface area contributed by atoms with Gasteiger partial charge in [-0.05, 0) is 50.9 Å². The topological polar surface area (TPSA) is 68.9 Å². The van der Waals surface area contributed by atoms with Crippen LogP contribution in [-0.2, 0) is 6.42 Å². The number of phenolic OH excluding ortho intramolecular Hbond substituents is 1. The normalized spacial score (nSPS) is 16.1. The average Bonchev–Trinajstić information content (AvgIpc) is 2.86. The molecule has 5 heteroatoms. The van der Waals surface area contributed by atoms with Crippen molar-refractivity contribution < 1.29 is 19.0 Å². The highest BCUT2D eigenvalue weighted by atomic mass is 16.5. The lowest BCUT2D eigenvalue weighted by Gasteiger charge is -2.29. The van der Waals surface area contributed by atoms with E-state index in [0.717, 1.165) is 6.42 Å². The second-order valence-corrected chi connectivity index (χ2v) is 9.68. The molecule has 1 aromatic carbocycles. The Labute approximate surface area is 210 Å². The van der Waals surface area contributed by atoms with E-state index < -0.39 is 0 Å². The largest absolute Gasteiger partial charge is 0.502 e. The van der Waals surface area contributed by atoms with Crippen molar-refractivity contribution in [2.75, 3.05) is 14.2 Å². The first-order valence-corrected chi connectivity index (χ1v) is 12.4. The van der Waals surface area contributed by atoms with Crippen LogP contribution in [0.4, 0.5) is 0 Å². The van der Waals surface area contributed by atoms with Crippen LogP contribution in [0.1, 0.15) is 59.3 Å². The molecule has 0 unspecified atom stereocenters. The lowest BCUT2D eigenvalue weighted by molar-refractivity contribution is 0.226. The molecule has 0 aliphatic rings. The maximum Gasteiger partial charge on any atom is 0.202 e. The number of benzene rings is 1. The zero-order chi connectivity index (χ0) is 26.3. The summed E-state index contributed by atoms with van der Waals surface area (Å²) in [5.41, 5.74) is 1.72. The third-order valence-electron chi connectivity index (χ3n) is 7.56. The molecular formula is C30H42O5. The van der Waals surface area contributed by atoms with Gasteiger partial charge < -0.3 is 19.0 Å². The summed E-state index contributed by atoms with van der Waals surface area (Å²) in [6.07, 6.45) is 12.2. The Morgan fingerprint density at radius 1 is 1.09 bits per heavy atom. The van der Waals surface area contributed by atoms with Gasteiger partial charge in [-0.15, -0.1) is 0 Å². The number of allylic oxidation sites excluding steroid dienone is 6. The van der Waals surface area contributed by atoms with E-state index in [1.807, 2.05) is 6.92 Å². The van der Waals surface area contributed by atoms with E-state index in [2.05, 4.69) is 65.0 Å². The number of aryl methyl sites for hydroxylation is 1. The molecule has 4 atom stereocenters. The smallest absolute Gasteiger partial charge is 0.202 e. The van der Waals surface area contributed by atoms with Crippen LogP contribution in [0.5, 0.6) is 17.2 Å². The number of aromatic hydroxyl groups is 1. The van der Waals surface area contributed by atoms with Gasteiger partial charge in [0.05, 0.1) is 14.2 Å². The maximum absolute atomic E-state index is 13.1. The number of hydrogen-bond donors (Lipinski definition) is 1. The van der Waals surface area contributed by atoms with Crippen molar-refractivity contribution in [2.45, 2.75) is 61.3 Å². The molecule has 0 saturated heterocycles. The fraction of sp³-hybridized carbons (Fsp3) is 0.500. The summed E-state index contributed by atoms with van der Waals surface area (Å²) in [6.45, 7) is 15.0. The van der Waals surface area contributed by atoms with Crippen molar-refractivity contribution in [1.29, 1.82) is 0 Å². The summed E-state index contributed by atoms with van der Waals surface area (Å²) >= 11 is 0. The van der Waals surface area contributed by atoms with Crippen molar-refractivity contribution in [1.82, 2.24) is 0 Å². The minimum absolute atomic E-state index is 0.112. The van der Waals surface area contributed by atoms with E-state index in [4.69, 9.17) is 13.9 Å². The quantitative estimate of drug-likeness (QED) is 0.338. The van der Waals surface area contributed by atoms with Crippen LogP contribution in [0.3, 0.4) is 0 Å². The molecule has 5 nitrogen and oxygen atoms in total. The molecule has 0 aliphatic carbocycles. The molecule has 0 spiro atoms. The molecule has 0 saturated carbocycles. The Bertz CT molecular complexity index is 1150. The van der Waals surface area contributed by atoms with Crippen LogP contribution in [0.15, 0.2) is 51.2 Å². The predicted molar refractivity (Wildman–Crippen MR) is 145 cm³/mol. The summed E-state index contributed by atoms with van der Waals surface area (Å²) in [5, 5.41) is 10.9. The molecular weight excluding hydrogens is 440 g/mol. The second-order valence-electron chi connectivity index (χ2n) is 9.68. The van der Waals surface area contributed by atoms with Crippen molar-refractivity contribution in [3.63, 3.8) is 0 Å². The Kier molecular flexibility index (Phi) is 10.2. The van der Waals surface area contributed by atoms with Gasteiger partial charge in [0.15, 0.2) is 16.8 Å². The SMILES string of the molecule is C/C=C(C)/C=C/C=C/[C@H](C)[C@H](C)[C@H](C)[C@H](C)CCc1oc2c(O)c(OC)cc(OC)c2c(=O)c1C. The third kappa shape index (κ3) is 6.59. The minimum Gasteiger partial charge on any atom is -0.502 e. The van der Waals surface area contributed by atoms with E-state index in [-0.39, 0.29) is 27.9 Å². The lowest BCUT2D eigenvalue weighted by Crippen LogP contribution is -2.22. The van der Waals surface area contributed by atoms with Gasteiger partial charge in [0.2, 0.25) is 5.75 Å². The fourth-order valence-corrected chi connectivity index (χ4v) is 4.32. The van der Waals surface area contributed by atoms with Crippen LogP contribution in [0.2, 0.25) is 0 Å². The van der Waals surface area contributed by atoms with Gasteiger partial charge in [-0.2, -0.15) is 0 Å². The Hall–Kier alpha value is -2.95. The van der Waals surface area contributed by atoms with Crippen LogP contribution in [-0.4, -0.2) is 19.3 Å². The molecule has 1 aromatic heterocycles. The van der Waals surface area contributed by atoms with Crippen LogP contribution >= 0.6 is 0 Å². The number of phenols is 1. The van der Waals surface area contributed by atoms with Gasteiger partial charge >= 0.3 is 0 Å². The first-order valence-electron chi connectivity index (χ1n) is 12.4. The molecule has 192 valence electrons. The monoisotopic (exact) mass is 482 g/mol. The number of fused-ring (bicyclic) bond motifs is 1. The zero-order valence-electron chi connectivity index (χ0n) is 22.8. The summed E-state index contributed by atoms with van der Waals surface area (Å²) in [7, 11) is 2.93. The molecule has 1 heterocycles. The summed E-state index contributed by atoms with van der Waals surface area (Å²) < 4.78 is 16.7. The van der Waals surface area contributed by atoms with Gasteiger partial charge in [-0.1, -0.05) is 63.6 Å². The third-order valence-corrected chi connectivity index (χ3v) is 7.56. The summed E-state index contributed by atoms with van der Waals surface area (Å²) in [5.74, 6) is 2.80. The summed E-state index contributed by atoms with van der Waals surface area (Å²) in [4.78, 5) is 13.1. The van der Waals surface area contributed by atoms with E-state index in [9.17, 15) is 9.90 Å². The minimum atomic E-state index is -0.190. The number of rotatable bonds is 11. The molecule has 35 heavy (non-hydrogen) atoms. The molecule has 0 aliphatic heterocycles. The van der Waals surface area contributed by atoms with Crippen molar-refractivity contribution in [3.05, 3.63) is 63.6 Å². The van der Waals surface area contributed by atoms with E-state index in [1.54, 1.807) is 6.92 Å². The highest BCUT2D eigenvalue weighted by Gasteiger charge is 2.25. The maximum atomic E-state index is 13.1. The molecule has 0 bridgehead atoms. The van der Waals surface area contributed by atoms with E-state index in [0.29, 0.717) is 47.2 Å². The molecule has 1 N–H and O–H groups in total. The predicted octanol–water partition coefficient (Wildman–Crippen LogP) is 7.38. The second kappa shape index (κ2) is 12.7.